The molecule has 1 saturated heterocycles. The summed E-state index contributed by atoms with van der Waals surface area (Å²) >= 11 is 0. The average molecular weight is 776 g/mol. The topological polar surface area (TPSA) is 167 Å². The minimum absolute atomic E-state index is 0.0189. The van der Waals surface area contributed by atoms with Gasteiger partial charge < -0.3 is 39.8 Å². The summed E-state index contributed by atoms with van der Waals surface area (Å²) in [4.78, 5) is 72.5. The standard InChI is InChI=1S/C41H69N5O9/c1-14-26(6)35(44(9)40(51)33(24(2)3)43-39(50)34(25(4)5)45(10)41(52)55-13)31(53-11)23-32(47)46-22-18-21-30(46)37(54-12)27(7)38(49)42-28(8)36(48)29-19-16-15-17-20-29/h15-17,19-20,24-28,30-31,33-37,48H,14,18,21-23H2,1-13H3,(H,42,49)(H,43,50)/t26-,27+,28+,30-,31+,33-,34?,35-,36+,37+/m0/s1. The van der Waals surface area contributed by atoms with Crippen molar-refractivity contribution in [2.24, 2.45) is 23.7 Å². The quantitative estimate of drug-likeness (QED) is 0.177. The molecule has 312 valence electrons. The van der Waals surface area contributed by atoms with Crippen LogP contribution in [0.25, 0.3) is 0 Å². The number of likely N-dealkylation sites (tertiary alicyclic amines) is 1. The van der Waals surface area contributed by atoms with Crippen molar-refractivity contribution >= 4 is 29.7 Å². The largest absolute Gasteiger partial charge is 0.453 e. The second kappa shape index (κ2) is 22.1. The molecule has 10 atom stereocenters. The number of benzene rings is 1. The minimum atomic E-state index is -0.917. The van der Waals surface area contributed by atoms with Gasteiger partial charge in [0.05, 0.1) is 55.9 Å². The first-order valence-electron chi connectivity index (χ1n) is 19.6. The van der Waals surface area contributed by atoms with Crippen molar-refractivity contribution in [2.45, 2.75) is 130 Å². The van der Waals surface area contributed by atoms with Crippen molar-refractivity contribution in [1.29, 1.82) is 0 Å². The highest BCUT2D eigenvalue weighted by molar-refractivity contribution is 5.91. The van der Waals surface area contributed by atoms with Crippen LogP contribution in [-0.2, 0) is 33.4 Å². The van der Waals surface area contributed by atoms with Crippen LogP contribution in [0.2, 0.25) is 0 Å². The van der Waals surface area contributed by atoms with Crippen LogP contribution in [0.4, 0.5) is 4.79 Å². The maximum atomic E-state index is 14.3. The number of hydrogen-bond donors (Lipinski definition) is 3. The van der Waals surface area contributed by atoms with Gasteiger partial charge in [0.25, 0.3) is 0 Å². The van der Waals surface area contributed by atoms with Gasteiger partial charge in [0, 0.05) is 34.9 Å². The molecule has 0 aromatic heterocycles. The van der Waals surface area contributed by atoms with E-state index in [1.54, 1.807) is 42.8 Å². The normalized spacial score (nSPS) is 19.3. The maximum absolute atomic E-state index is 14.3. The number of carbonyl (C=O) groups is 5. The number of amides is 5. The predicted octanol–water partition coefficient (Wildman–Crippen LogP) is 4.01. The van der Waals surface area contributed by atoms with E-state index in [1.165, 1.54) is 33.3 Å². The van der Waals surface area contributed by atoms with Crippen molar-refractivity contribution in [3.05, 3.63) is 35.9 Å². The van der Waals surface area contributed by atoms with Gasteiger partial charge in [-0.1, -0.05) is 85.2 Å². The summed E-state index contributed by atoms with van der Waals surface area (Å²) in [6.07, 6.45) is -0.792. The fraction of sp³-hybridized carbons (Fsp3) is 0.732. The van der Waals surface area contributed by atoms with Gasteiger partial charge in [-0.3, -0.25) is 24.1 Å². The molecular weight excluding hydrogens is 706 g/mol. The Morgan fingerprint density at radius 1 is 0.873 bits per heavy atom. The van der Waals surface area contributed by atoms with Crippen LogP contribution in [0, 0.1) is 23.7 Å². The van der Waals surface area contributed by atoms with Crippen molar-refractivity contribution in [3.8, 4) is 0 Å². The molecule has 14 nitrogen and oxygen atoms in total. The maximum Gasteiger partial charge on any atom is 0.409 e. The summed E-state index contributed by atoms with van der Waals surface area (Å²) in [5.74, 6) is -2.54. The third kappa shape index (κ3) is 12.1. The number of aliphatic hydroxyl groups excluding tert-OH is 1. The molecule has 0 saturated carbocycles. The number of likely N-dealkylation sites (N-methyl/N-ethyl adjacent to an activating group) is 2. The van der Waals surface area contributed by atoms with E-state index in [0.29, 0.717) is 24.9 Å². The second-order valence-corrected chi connectivity index (χ2v) is 15.7. The molecule has 2 rings (SSSR count). The van der Waals surface area contributed by atoms with Crippen molar-refractivity contribution in [1.82, 2.24) is 25.3 Å². The lowest BCUT2D eigenvalue weighted by molar-refractivity contribution is -0.148. The third-order valence-electron chi connectivity index (χ3n) is 11.3. The van der Waals surface area contributed by atoms with Crippen molar-refractivity contribution < 1.29 is 43.3 Å². The molecule has 0 spiro atoms. The highest BCUT2D eigenvalue weighted by atomic mass is 16.5. The number of nitrogens with zero attached hydrogens (tertiary/aromatic N) is 3. The summed E-state index contributed by atoms with van der Waals surface area (Å²) in [5, 5.41) is 16.7. The van der Waals surface area contributed by atoms with Gasteiger partial charge in [0.15, 0.2) is 0 Å². The molecule has 0 radical (unpaired) electrons. The predicted molar refractivity (Wildman–Crippen MR) is 211 cm³/mol. The van der Waals surface area contributed by atoms with Crippen molar-refractivity contribution in [3.63, 3.8) is 0 Å². The van der Waals surface area contributed by atoms with Crippen LogP contribution in [0.3, 0.4) is 0 Å². The van der Waals surface area contributed by atoms with E-state index >= 15 is 0 Å². The van der Waals surface area contributed by atoms with Crippen LogP contribution in [0.15, 0.2) is 30.3 Å². The van der Waals surface area contributed by atoms with E-state index in [1.807, 2.05) is 59.7 Å². The van der Waals surface area contributed by atoms with Crippen LogP contribution in [-0.4, -0.2) is 134 Å². The summed E-state index contributed by atoms with van der Waals surface area (Å²) < 4.78 is 16.8. The molecule has 0 bridgehead atoms. The van der Waals surface area contributed by atoms with Crippen LogP contribution < -0.4 is 10.6 Å². The first-order valence-corrected chi connectivity index (χ1v) is 19.6. The summed E-state index contributed by atoms with van der Waals surface area (Å²) in [7, 11) is 7.47. The number of ether oxygens (including phenoxy) is 3. The molecule has 5 amide bonds. The van der Waals surface area contributed by atoms with Crippen LogP contribution in [0.5, 0.6) is 0 Å². The van der Waals surface area contributed by atoms with Gasteiger partial charge in [-0.2, -0.15) is 0 Å². The number of rotatable bonds is 20. The zero-order chi connectivity index (χ0) is 41.7. The van der Waals surface area contributed by atoms with E-state index in [4.69, 9.17) is 14.2 Å². The molecule has 1 aromatic carbocycles. The Morgan fingerprint density at radius 3 is 2.00 bits per heavy atom. The Bertz CT molecular complexity index is 1400. The molecule has 55 heavy (non-hydrogen) atoms. The first-order chi connectivity index (χ1) is 25.9. The Labute approximate surface area is 329 Å². The van der Waals surface area contributed by atoms with Gasteiger partial charge in [-0.05, 0) is 43.1 Å². The highest BCUT2D eigenvalue weighted by Gasteiger charge is 2.43. The summed E-state index contributed by atoms with van der Waals surface area (Å²) in [5.41, 5.74) is 0.697. The Kier molecular flexibility index (Phi) is 19.1. The van der Waals surface area contributed by atoms with Crippen molar-refractivity contribution in [2.75, 3.05) is 42.0 Å². The number of methoxy groups -OCH3 is 3. The first kappa shape index (κ1) is 47.4. The SMILES string of the molecule is CC[C@H](C)[C@@H]([C@@H](CC(=O)N1CCC[C@H]1[C@H](OC)[C@@H](C)C(=O)N[C@H](C)[C@@H](O)c1ccccc1)OC)N(C)C(=O)[C@@H](NC(=O)C(C(C)C)N(C)C(=O)OC)C(C)C. The zero-order valence-corrected chi connectivity index (χ0v) is 35.4. The molecule has 1 aliphatic heterocycles. The molecule has 1 fully saturated rings. The molecule has 14 heteroatoms. The van der Waals surface area contributed by atoms with Crippen LogP contribution >= 0.6 is 0 Å². The molecule has 1 aromatic rings. The molecule has 3 N–H and O–H groups in total. The van der Waals surface area contributed by atoms with E-state index in [2.05, 4.69) is 10.6 Å². The lowest BCUT2D eigenvalue weighted by Crippen LogP contribution is -2.60. The Morgan fingerprint density at radius 2 is 1.49 bits per heavy atom. The number of aliphatic hydroxyl groups is 1. The van der Waals surface area contributed by atoms with Gasteiger partial charge >= 0.3 is 6.09 Å². The molecule has 0 aliphatic carbocycles. The van der Waals surface area contributed by atoms with Crippen LogP contribution in [0.1, 0.15) is 92.7 Å². The molecule has 1 aliphatic rings. The Balaban J connectivity index is 2.28. The number of nitrogens with one attached hydrogen (secondary N) is 2. The van der Waals surface area contributed by atoms with Gasteiger partial charge in [0.1, 0.15) is 12.1 Å². The third-order valence-corrected chi connectivity index (χ3v) is 11.3. The second-order valence-electron chi connectivity index (χ2n) is 15.7. The van der Waals surface area contributed by atoms with Gasteiger partial charge in [-0.25, -0.2) is 4.79 Å². The molecule has 1 heterocycles. The lowest BCUT2D eigenvalue weighted by Gasteiger charge is -2.41. The zero-order valence-electron chi connectivity index (χ0n) is 35.4. The average Bonchev–Trinajstić information content (AvgIpc) is 3.65. The minimum Gasteiger partial charge on any atom is -0.453 e. The molecule has 1 unspecified atom stereocenters. The Hall–Kier alpha value is -3.75. The summed E-state index contributed by atoms with van der Waals surface area (Å²) in [6.45, 7) is 15.3. The van der Waals surface area contributed by atoms with E-state index in [0.717, 1.165) is 6.42 Å². The van der Waals surface area contributed by atoms with E-state index in [-0.39, 0.29) is 47.9 Å². The smallest absolute Gasteiger partial charge is 0.409 e. The fourth-order valence-corrected chi connectivity index (χ4v) is 7.83. The summed E-state index contributed by atoms with van der Waals surface area (Å²) in [6, 6.07) is 5.89. The fourth-order valence-electron chi connectivity index (χ4n) is 7.83. The molecular formula is C41H69N5O9. The number of carbonyl (C=O) groups excluding carboxylic acids is 5. The number of hydrogen-bond acceptors (Lipinski definition) is 9. The van der Waals surface area contributed by atoms with Gasteiger partial charge in [0.2, 0.25) is 23.6 Å². The highest BCUT2D eigenvalue weighted by Crippen LogP contribution is 2.30. The monoisotopic (exact) mass is 776 g/mol. The lowest BCUT2D eigenvalue weighted by atomic mass is 9.89. The van der Waals surface area contributed by atoms with Gasteiger partial charge in [-0.15, -0.1) is 0 Å². The van der Waals surface area contributed by atoms with E-state index < -0.39 is 60.4 Å². The van der Waals surface area contributed by atoms with E-state index in [9.17, 15) is 29.1 Å².